The minimum absolute atomic E-state index is 1.11. The maximum absolute atomic E-state index is 4.11. The maximum Gasteiger partial charge on any atom is 0.120 e. The van der Waals surface area contributed by atoms with Crippen molar-refractivity contribution in [2.75, 3.05) is 6.26 Å². The molecule has 54 valence electrons. The lowest BCUT2D eigenvalue weighted by Crippen LogP contribution is -1.86. The molecular weight excluding hydrogens is 277 g/mol. The fourth-order valence-electron chi connectivity index (χ4n) is 0.577. The molecule has 0 N–H and O–H groups in total. The summed E-state index contributed by atoms with van der Waals surface area (Å²) >= 11 is 5.43. The van der Waals surface area contributed by atoms with Crippen LogP contribution in [0.1, 0.15) is 4.88 Å². The van der Waals surface area contributed by atoms with Crippen LogP contribution < -0.4 is 0 Å². The molecule has 1 rings (SSSR count). The normalized spacial score (nSPS) is 12.0. The summed E-state index contributed by atoms with van der Waals surface area (Å²) in [7, 11) is 0. The van der Waals surface area contributed by atoms with Crippen LogP contribution in [0, 0.1) is 0 Å². The average Bonchev–Trinajstić information content (AvgIpc) is 2.43. The summed E-state index contributed by atoms with van der Waals surface area (Å²) in [5.41, 5.74) is 0. The molecule has 1 heterocycles. The second-order valence-electron chi connectivity index (χ2n) is 1.57. The summed E-state index contributed by atoms with van der Waals surface area (Å²) < 4.78 is 4.11. The smallest absolute Gasteiger partial charge is 0.120 e. The zero-order valence-corrected chi connectivity index (χ0v) is 9.16. The van der Waals surface area contributed by atoms with Gasteiger partial charge in [-0.2, -0.15) is 0 Å². The lowest BCUT2D eigenvalue weighted by Gasteiger charge is -1.93. The maximum atomic E-state index is 4.11. The van der Waals surface area contributed by atoms with Crippen molar-refractivity contribution in [2.24, 2.45) is 3.21 Å². The topological polar surface area (TPSA) is 12.4 Å². The summed E-state index contributed by atoms with van der Waals surface area (Å²) in [4.78, 5) is 1.25. The molecule has 1 aromatic rings. The Morgan fingerprint density at radius 3 is 3.00 bits per heavy atom. The monoisotopic (exact) mass is 283 g/mol. The number of hydrogen-bond donors (Lipinski definition) is 0. The molecule has 0 aliphatic heterocycles. The van der Waals surface area contributed by atoms with Crippen molar-refractivity contribution < 1.29 is 0 Å². The molecular formula is C6H6INS2. The first-order chi connectivity index (χ1) is 4.88. The van der Waals surface area contributed by atoms with Gasteiger partial charge >= 0.3 is 0 Å². The van der Waals surface area contributed by atoms with Crippen LogP contribution >= 0.6 is 46.0 Å². The van der Waals surface area contributed by atoms with E-state index in [-0.39, 0.29) is 0 Å². The third kappa shape index (κ3) is 1.96. The molecule has 0 aliphatic rings. The van der Waals surface area contributed by atoms with Crippen molar-refractivity contribution in [1.82, 2.24) is 0 Å². The van der Waals surface area contributed by atoms with Gasteiger partial charge in [0.25, 0.3) is 0 Å². The predicted molar refractivity (Wildman–Crippen MR) is 58.4 cm³/mol. The molecule has 0 saturated heterocycles. The van der Waals surface area contributed by atoms with Crippen molar-refractivity contribution >= 4 is 51.0 Å². The SMILES string of the molecule is CS/C(=N/I)c1cccs1. The van der Waals surface area contributed by atoms with Gasteiger partial charge in [-0.3, -0.25) is 0 Å². The van der Waals surface area contributed by atoms with Crippen LogP contribution in [0.5, 0.6) is 0 Å². The van der Waals surface area contributed by atoms with E-state index in [9.17, 15) is 0 Å². The van der Waals surface area contributed by atoms with Gasteiger partial charge in [0.1, 0.15) is 5.04 Å². The number of thioether (sulfide) groups is 1. The van der Waals surface area contributed by atoms with E-state index < -0.39 is 0 Å². The summed E-state index contributed by atoms with van der Waals surface area (Å²) in [6.45, 7) is 0. The number of halogens is 1. The second-order valence-corrected chi connectivity index (χ2v) is 3.80. The highest BCUT2D eigenvalue weighted by Crippen LogP contribution is 2.17. The molecule has 1 nitrogen and oxygen atoms in total. The molecule has 0 spiro atoms. The minimum atomic E-state index is 1.11. The van der Waals surface area contributed by atoms with Crippen LogP contribution in [-0.2, 0) is 0 Å². The fourth-order valence-corrected chi connectivity index (χ4v) is 2.93. The van der Waals surface area contributed by atoms with E-state index in [1.807, 2.05) is 35.2 Å². The Bertz CT molecular complexity index is 218. The van der Waals surface area contributed by atoms with E-state index in [1.54, 1.807) is 23.1 Å². The third-order valence-corrected chi connectivity index (χ3v) is 3.52. The molecule has 10 heavy (non-hydrogen) atoms. The molecule has 0 fully saturated rings. The Labute approximate surface area is 82.4 Å². The predicted octanol–water partition coefficient (Wildman–Crippen LogP) is 3.21. The largest absolute Gasteiger partial charge is 0.207 e. The van der Waals surface area contributed by atoms with Gasteiger partial charge in [-0.25, -0.2) is 3.21 Å². The summed E-state index contributed by atoms with van der Waals surface area (Å²) in [5, 5.41) is 3.17. The minimum Gasteiger partial charge on any atom is -0.207 e. The quantitative estimate of drug-likeness (QED) is 0.438. The van der Waals surface area contributed by atoms with E-state index in [0.29, 0.717) is 0 Å². The van der Waals surface area contributed by atoms with Crippen LogP contribution in [0.4, 0.5) is 0 Å². The van der Waals surface area contributed by atoms with E-state index in [2.05, 4.69) is 14.7 Å². The highest BCUT2D eigenvalue weighted by Gasteiger charge is 2.00. The van der Waals surface area contributed by atoms with E-state index in [0.717, 1.165) is 5.04 Å². The van der Waals surface area contributed by atoms with Crippen LogP contribution in [0.2, 0.25) is 0 Å². The van der Waals surface area contributed by atoms with E-state index in [4.69, 9.17) is 0 Å². The van der Waals surface area contributed by atoms with Gasteiger partial charge in [-0.15, -0.1) is 23.1 Å². The molecule has 0 saturated carbocycles. The molecule has 4 heteroatoms. The highest BCUT2D eigenvalue weighted by molar-refractivity contribution is 14.1. The Kier molecular flexibility index (Phi) is 3.72. The van der Waals surface area contributed by atoms with Gasteiger partial charge in [0.05, 0.1) is 27.7 Å². The zero-order valence-electron chi connectivity index (χ0n) is 5.37. The standard InChI is InChI=1S/C6H6INS2/c1-9-6(8-7)5-3-2-4-10-5/h2-4H,1H3/b8-6+. The zero-order chi connectivity index (χ0) is 7.40. The van der Waals surface area contributed by atoms with Crippen molar-refractivity contribution in [3.8, 4) is 0 Å². The summed E-state index contributed by atoms with van der Waals surface area (Å²) in [6.07, 6.45) is 2.04. The van der Waals surface area contributed by atoms with E-state index in [1.165, 1.54) is 4.88 Å². The van der Waals surface area contributed by atoms with Gasteiger partial charge in [0.15, 0.2) is 0 Å². The molecule has 0 amide bonds. The number of nitrogens with zero attached hydrogens (tertiary/aromatic N) is 1. The van der Waals surface area contributed by atoms with Crippen LogP contribution in [0.15, 0.2) is 20.7 Å². The first-order valence-corrected chi connectivity index (χ1v) is 5.72. The molecule has 0 aromatic carbocycles. The van der Waals surface area contributed by atoms with Crippen molar-refractivity contribution in [2.45, 2.75) is 0 Å². The highest BCUT2D eigenvalue weighted by atomic mass is 127. The average molecular weight is 283 g/mol. The van der Waals surface area contributed by atoms with Crippen molar-refractivity contribution in [1.29, 1.82) is 0 Å². The first kappa shape index (κ1) is 8.55. The molecule has 0 radical (unpaired) electrons. The summed E-state index contributed by atoms with van der Waals surface area (Å²) in [5.74, 6) is 0. The summed E-state index contributed by atoms with van der Waals surface area (Å²) in [6, 6.07) is 4.12. The Balaban J connectivity index is 2.85. The number of rotatable bonds is 1. The molecule has 0 unspecified atom stereocenters. The first-order valence-electron chi connectivity index (χ1n) is 2.65. The van der Waals surface area contributed by atoms with E-state index >= 15 is 0 Å². The molecule has 1 aromatic heterocycles. The third-order valence-electron chi connectivity index (χ3n) is 1.00. The van der Waals surface area contributed by atoms with Crippen molar-refractivity contribution in [3.05, 3.63) is 22.4 Å². The lowest BCUT2D eigenvalue weighted by molar-refractivity contribution is 1.93. The van der Waals surface area contributed by atoms with Gasteiger partial charge in [0.2, 0.25) is 0 Å². The Morgan fingerprint density at radius 2 is 2.60 bits per heavy atom. The fraction of sp³-hybridized carbons (Fsp3) is 0.167. The van der Waals surface area contributed by atoms with Crippen molar-refractivity contribution in [3.63, 3.8) is 0 Å². The molecule has 0 atom stereocenters. The molecule has 0 aliphatic carbocycles. The number of thiophene rings is 1. The number of hydrogen-bond acceptors (Lipinski definition) is 3. The van der Waals surface area contributed by atoms with Gasteiger partial charge in [0, 0.05) is 0 Å². The van der Waals surface area contributed by atoms with Crippen LogP contribution in [0.25, 0.3) is 0 Å². The second kappa shape index (κ2) is 4.35. The van der Waals surface area contributed by atoms with Gasteiger partial charge in [-0.1, -0.05) is 6.07 Å². The van der Waals surface area contributed by atoms with Gasteiger partial charge < -0.3 is 0 Å². The lowest BCUT2D eigenvalue weighted by atomic mass is 10.5. The van der Waals surface area contributed by atoms with Crippen LogP contribution in [-0.4, -0.2) is 11.3 Å². The van der Waals surface area contributed by atoms with Crippen LogP contribution in [0.3, 0.4) is 0 Å². The molecule has 0 bridgehead atoms. The van der Waals surface area contributed by atoms with Gasteiger partial charge in [-0.05, 0) is 17.7 Å². The Hall–Kier alpha value is 0.450. The Morgan fingerprint density at radius 1 is 1.80 bits per heavy atom.